The topological polar surface area (TPSA) is 42.7 Å². The van der Waals surface area contributed by atoms with E-state index in [9.17, 15) is 0 Å². The lowest BCUT2D eigenvalue weighted by atomic mass is 10.1. The maximum absolute atomic E-state index is 4.40. The number of hydrogen-bond acceptors (Lipinski definition) is 3. The molecule has 0 aliphatic heterocycles. The van der Waals surface area contributed by atoms with Gasteiger partial charge in [-0.25, -0.2) is 0 Å². The second kappa shape index (κ2) is 4.57. The summed E-state index contributed by atoms with van der Waals surface area (Å²) in [7, 11) is 1.96. The number of anilines is 1. The quantitative estimate of drug-likeness (QED) is 0.881. The zero-order valence-corrected chi connectivity index (χ0v) is 10.7. The van der Waals surface area contributed by atoms with Gasteiger partial charge >= 0.3 is 0 Å². The second-order valence-corrected chi connectivity index (χ2v) is 4.32. The molecule has 1 atom stereocenters. The lowest BCUT2D eigenvalue weighted by molar-refractivity contribution is 0.731. The first-order chi connectivity index (χ1) is 8.09. The Morgan fingerprint density at radius 2 is 2.12 bits per heavy atom. The summed E-state index contributed by atoms with van der Waals surface area (Å²) in [4.78, 5) is 4.14. The standard InChI is InChI=1S/C13H18N4/c1-9(12-6-5-7-14-8-12)15-13-10(2)16-17(4)11(13)3/h5-9,15H,1-4H3. The summed E-state index contributed by atoms with van der Waals surface area (Å²) in [5.41, 5.74) is 4.47. The average Bonchev–Trinajstić information content (AvgIpc) is 2.57. The van der Waals surface area contributed by atoms with E-state index in [0.717, 1.165) is 17.1 Å². The normalized spacial score (nSPS) is 12.5. The van der Waals surface area contributed by atoms with E-state index in [4.69, 9.17) is 0 Å². The molecule has 2 aromatic heterocycles. The highest BCUT2D eigenvalue weighted by atomic mass is 15.3. The van der Waals surface area contributed by atoms with Crippen molar-refractivity contribution >= 4 is 5.69 Å². The average molecular weight is 230 g/mol. The number of rotatable bonds is 3. The second-order valence-electron chi connectivity index (χ2n) is 4.32. The molecule has 1 N–H and O–H groups in total. The molecule has 0 amide bonds. The zero-order valence-electron chi connectivity index (χ0n) is 10.7. The molecule has 0 aliphatic carbocycles. The SMILES string of the molecule is Cc1nn(C)c(C)c1NC(C)c1cccnc1. The van der Waals surface area contributed by atoms with Crippen molar-refractivity contribution in [2.24, 2.45) is 7.05 Å². The third-order valence-electron chi connectivity index (χ3n) is 3.05. The summed E-state index contributed by atoms with van der Waals surface area (Å²) < 4.78 is 1.90. The number of nitrogens with one attached hydrogen (secondary N) is 1. The van der Waals surface area contributed by atoms with Crippen LogP contribution >= 0.6 is 0 Å². The maximum Gasteiger partial charge on any atom is 0.0828 e. The van der Waals surface area contributed by atoms with Crippen LogP contribution in [0.3, 0.4) is 0 Å². The molecule has 0 bridgehead atoms. The Morgan fingerprint density at radius 1 is 1.35 bits per heavy atom. The highest BCUT2D eigenvalue weighted by Crippen LogP contribution is 2.24. The first-order valence-electron chi connectivity index (χ1n) is 5.76. The lowest BCUT2D eigenvalue weighted by Crippen LogP contribution is -2.08. The van der Waals surface area contributed by atoms with Gasteiger partial charge in [-0.2, -0.15) is 5.10 Å². The predicted octanol–water partition coefficient (Wildman–Crippen LogP) is 2.61. The minimum absolute atomic E-state index is 0.227. The third kappa shape index (κ3) is 2.30. The van der Waals surface area contributed by atoms with Crippen molar-refractivity contribution in [2.75, 3.05) is 5.32 Å². The molecule has 0 saturated heterocycles. The van der Waals surface area contributed by atoms with Crippen LogP contribution in [0.4, 0.5) is 5.69 Å². The van der Waals surface area contributed by atoms with Gasteiger partial charge in [-0.05, 0) is 32.4 Å². The van der Waals surface area contributed by atoms with Crippen molar-refractivity contribution in [3.8, 4) is 0 Å². The molecule has 0 fully saturated rings. The van der Waals surface area contributed by atoms with Gasteiger partial charge in [0, 0.05) is 19.4 Å². The van der Waals surface area contributed by atoms with Gasteiger partial charge < -0.3 is 5.32 Å². The van der Waals surface area contributed by atoms with Crippen LogP contribution in [-0.2, 0) is 7.05 Å². The first kappa shape index (κ1) is 11.6. The molecule has 2 heterocycles. The monoisotopic (exact) mass is 230 g/mol. The van der Waals surface area contributed by atoms with Gasteiger partial charge in [0.05, 0.1) is 23.1 Å². The Hall–Kier alpha value is -1.84. The summed E-state index contributed by atoms with van der Waals surface area (Å²) in [5.74, 6) is 0. The Morgan fingerprint density at radius 3 is 2.65 bits per heavy atom. The molecule has 0 spiro atoms. The van der Waals surface area contributed by atoms with E-state index in [1.54, 1.807) is 6.20 Å². The molecule has 4 nitrogen and oxygen atoms in total. The third-order valence-corrected chi connectivity index (χ3v) is 3.05. The highest BCUT2D eigenvalue weighted by Gasteiger charge is 2.12. The van der Waals surface area contributed by atoms with Gasteiger partial charge in [0.25, 0.3) is 0 Å². The minimum atomic E-state index is 0.227. The van der Waals surface area contributed by atoms with E-state index in [1.165, 1.54) is 5.56 Å². The van der Waals surface area contributed by atoms with Crippen molar-refractivity contribution in [1.29, 1.82) is 0 Å². The van der Waals surface area contributed by atoms with E-state index in [1.807, 2.05) is 30.9 Å². The van der Waals surface area contributed by atoms with Crippen LogP contribution < -0.4 is 5.32 Å². The summed E-state index contributed by atoms with van der Waals surface area (Å²) in [6, 6.07) is 4.26. The molecule has 0 saturated carbocycles. The van der Waals surface area contributed by atoms with E-state index < -0.39 is 0 Å². The molecule has 2 aromatic rings. The van der Waals surface area contributed by atoms with E-state index in [0.29, 0.717) is 0 Å². The van der Waals surface area contributed by atoms with Crippen LogP contribution in [0, 0.1) is 13.8 Å². The smallest absolute Gasteiger partial charge is 0.0828 e. The fourth-order valence-corrected chi connectivity index (χ4v) is 1.91. The van der Waals surface area contributed by atoms with Gasteiger partial charge in [-0.3, -0.25) is 9.67 Å². The molecular formula is C13H18N4. The van der Waals surface area contributed by atoms with Crippen molar-refractivity contribution in [2.45, 2.75) is 26.8 Å². The van der Waals surface area contributed by atoms with Crippen LogP contribution in [0.25, 0.3) is 0 Å². The van der Waals surface area contributed by atoms with E-state index in [-0.39, 0.29) is 6.04 Å². The maximum atomic E-state index is 4.40. The van der Waals surface area contributed by atoms with Crippen LogP contribution in [0.15, 0.2) is 24.5 Å². The van der Waals surface area contributed by atoms with Gasteiger partial charge in [-0.1, -0.05) is 6.07 Å². The molecule has 0 radical (unpaired) electrons. The zero-order chi connectivity index (χ0) is 12.4. The summed E-state index contributed by atoms with van der Waals surface area (Å²) in [6.07, 6.45) is 3.68. The van der Waals surface area contributed by atoms with E-state index >= 15 is 0 Å². The lowest BCUT2D eigenvalue weighted by Gasteiger charge is -2.15. The fourth-order valence-electron chi connectivity index (χ4n) is 1.91. The number of aromatic nitrogens is 3. The Balaban J connectivity index is 2.22. The largest absolute Gasteiger partial charge is 0.375 e. The number of hydrogen-bond donors (Lipinski definition) is 1. The van der Waals surface area contributed by atoms with Crippen LogP contribution in [0.5, 0.6) is 0 Å². The molecular weight excluding hydrogens is 212 g/mol. The minimum Gasteiger partial charge on any atom is -0.375 e. The van der Waals surface area contributed by atoms with Crippen molar-refractivity contribution < 1.29 is 0 Å². The Bertz CT molecular complexity index is 502. The summed E-state index contributed by atoms with van der Waals surface area (Å²) in [5, 5.41) is 7.89. The molecule has 1 unspecified atom stereocenters. The molecule has 0 aromatic carbocycles. The molecule has 2 rings (SSSR count). The van der Waals surface area contributed by atoms with Gasteiger partial charge in [0.1, 0.15) is 0 Å². The molecule has 17 heavy (non-hydrogen) atoms. The van der Waals surface area contributed by atoms with Gasteiger partial charge in [0.2, 0.25) is 0 Å². The van der Waals surface area contributed by atoms with Crippen molar-refractivity contribution in [1.82, 2.24) is 14.8 Å². The summed E-state index contributed by atoms with van der Waals surface area (Å²) >= 11 is 0. The van der Waals surface area contributed by atoms with Crippen LogP contribution in [0.1, 0.15) is 29.9 Å². The Kier molecular flexibility index (Phi) is 3.13. The predicted molar refractivity (Wildman–Crippen MR) is 69.0 cm³/mol. The van der Waals surface area contributed by atoms with Crippen molar-refractivity contribution in [3.63, 3.8) is 0 Å². The van der Waals surface area contributed by atoms with Gasteiger partial charge in [0.15, 0.2) is 0 Å². The number of nitrogens with zero attached hydrogens (tertiary/aromatic N) is 3. The molecule has 90 valence electrons. The van der Waals surface area contributed by atoms with Crippen LogP contribution in [0.2, 0.25) is 0 Å². The first-order valence-corrected chi connectivity index (χ1v) is 5.76. The fraction of sp³-hybridized carbons (Fsp3) is 0.385. The Labute approximate surface area is 102 Å². The van der Waals surface area contributed by atoms with Gasteiger partial charge in [-0.15, -0.1) is 0 Å². The molecule has 4 heteroatoms. The van der Waals surface area contributed by atoms with E-state index in [2.05, 4.69) is 35.3 Å². The van der Waals surface area contributed by atoms with Crippen molar-refractivity contribution in [3.05, 3.63) is 41.5 Å². The summed E-state index contributed by atoms with van der Waals surface area (Å²) in [6.45, 7) is 6.21. The number of aryl methyl sites for hydroxylation is 2. The van der Waals surface area contributed by atoms with Crippen LogP contribution in [-0.4, -0.2) is 14.8 Å². The number of pyridine rings is 1. The highest BCUT2D eigenvalue weighted by molar-refractivity contribution is 5.53. The molecule has 0 aliphatic rings.